The van der Waals surface area contributed by atoms with Gasteiger partial charge in [-0.2, -0.15) is 0 Å². The highest BCUT2D eigenvalue weighted by atomic mass is 35.5. The lowest BCUT2D eigenvalue weighted by atomic mass is 9.95. The second kappa shape index (κ2) is 8.97. The number of amides is 2. The Bertz CT molecular complexity index is 869. The number of carbonyl (C=O) groups excluding carboxylic acids is 2. The number of nitrogens with one attached hydrogen (secondary N) is 2. The first kappa shape index (κ1) is 20.0. The van der Waals surface area contributed by atoms with E-state index in [-0.39, 0.29) is 30.3 Å². The van der Waals surface area contributed by atoms with Gasteiger partial charge in [0, 0.05) is 0 Å². The molecular weight excluding hydrogens is 380 g/mol. The monoisotopic (exact) mass is 402 g/mol. The summed E-state index contributed by atoms with van der Waals surface area (Å²) >= 11 is 6.01. The number of carbonyl (C=O) groups is 2. The van der Waals surface area contributed by atoms with Gasteiger partial charge in [-0.25, -0.2) is 0 Å². The summed E-state index contributed by atoms with van der Waals surface area (Å²) in [4.78, 5) is 24.6. The zero-order valence-corrected chi connectivity index (χ0v) is 16.6. The molecule has 0 aromatic heterocycles. The summed E-state index contributed by atoms with van der Waals surface area (Å²) in [7, 11) is 0. The highest BCUT2D eigenvalue weighted by Gasteiger charge is 2.22. The normalized spacial score (nSPS) is 13.7. The van der Waals surface area contributed by atoms with Crippen molar-refractivity contribution in [1.82, 2.24) is 10.6 Å². The summed E-state index contributed by atoms with van der Waals surface area (Å²) in [6.07, 6.45) is 0. The fourth-order valence-electron chi connectivity index (χ4n) is 3.01. The largest absolute Gasteiger partial charge is 0.486 e. The molecule has 0 fully saturated rings. The first-order valence-corrected chi connectivity index (χ1v) is 9.55. The van der Waals surface area contributed by atoms with Gasteiger partial charge in [-0.3, -0.25) is 9.59 Å². The van der Waals surface area contributed by atoms with E-state index in [1.807, 2.05) is 32.0 Å². The van der Waals surface area contributed by atoms with Gasteiger partial charge in [0.15, 0.2) is 11.5 Å². The molecule has 28 heavy (non-hydrogen) atoms. The molecule has 0 spiro atoms. The van der Waals surface area contributed by atoms with Crippen LogP contribution in [-0.4, -0.2) is 31.6 Å². The van der Waals surface area contributed by atoms with E-state index in [4.69, 9.17) is 21.1 Å². The molecule has 2 N–H and O–H groups in total. The molecule has 1 atom stereocenters. The zero-order valence-electron chi connectivity index (χ0n) is 15.8. The lowest BCUT2D eigenvalue weighted by Gasteiger charge is -2.25. The predicted molar refractivity (Wildman–Crippen MR) is 107 cm³/mol. The molecule has 0 saturated carbocycles. The Morgan fingerprint density at radius 2 is 1.79 bits per heavy atom. The summed E-state index contributed by atoms with van der Waals surface area (Å²) in [6, 6.07) is 12.1. The van der Waals surface area contributed by atoms with Gasteiger partial charge < -0.3 is 20.1 Å². The molecule has 1 heterocycles. The topological polar surface area (TPSA) is 76.7 Å². The fourth-order valence-corrected chi connectivity index (χ4v) is 3.24. The van der Waals surface area contributed by atoms with Crippen LogP contribution in [0.3, 0.4) is 0 Å². The predicted octanol–water partition coefficient (Wildman–Crippen LogP) is 3.35. The van der Waals surface area contributed by atoms with E-state index in [0.29, 0.717) is 35.3 Å². The molecule has 1 aliphatic rings. The Morgan fingerprint density at radius 1 is 1.07 bits per heavy atom. The van der Waals surface area contributed by atoms with E-state index in [1.54, 1.807) is 24.3 Å². The second-order valence-corrected chi connectivity index (χ2v) is 7.26. The molecular formula is C21H23ClN2O4. The van der Waals surface area contributed by atoms with E-state index >= 15 is 0 Å². The number of hydrogen-bond donors (Lipinski definition) is 2. The van der Waals surface area contributed by atoms with Crippen molar-refractivity contribution in [3.05, 3.63) is 58.6 Å². The van der Waals surface area contributed by atoms with Crippen LogP contribution in [0.5, 0.6) is 11.5 Å². The zero-order chi connectivity index (χ0) is 20.1. The molecule has 6 nitrogen and oxygen atoms in total. The number of benzene rings is 2. The van der Waals surface area contributed by atoms with E-state index in [1.165, 1.54) is 0 Å². The summed E-state index contributed by atoms with van der Waals surface area (Å²) in [5.74, 6) is 0.854. The van der Waals surface area contributed by atoms with Gasteiger partial charge in [-0.15, -0.1) is 0 Å². The summed E-state index contributed by atoms with van der Waals surface area (Å²) < 4.78 is 11.2. The molecule has 2 aromatic carbocycles. The van der Waals surface area contributed by atoms with Crippen molar-refractivity contribution in [2.45, 2.75) is 19.9 Å². The van der Waals surface area contributed by atoms with Crippen molar-refractivity contribution in [2.75, 3.05) is 19.8 Å². The Labute approximate surface area is 169 Å². The van der Waals surface area contributed by atoms with E-state index in [9.17, 15) is 9.59 Å². The van der Waals surface area contributed by atoms with E-state index < -0.39 is 0 Å². The number of halogens is 1. The first-order chi connectivity index (χ1) is 13.5. The van der Waals surface area contributed by atoms with E-state index in [2.05, 4.69) is 10.6 Å². The van der Waals surface area contributed by atoms with Crippen molar-refractivity contribution in [3.63, 3.8) is 0 Å². The lowest BCUT2D eigenvalue weighted by molar-refractivity contribution is -0.121. The van der Waals surface area contributed by atoms with Crippen molar-refractivity contribution in [3.8, 4) is 11.5 Å². The molecule has 7 heteroatoms. The molecule has 0 saturated heterocycles. The molecule has 148 valence electrons. The van der Waals surface area contributed by atoms with Gasteiger partial charge in [-0.1, -0.05) is 43.6 Å². The standard InChI is InChI=1S/C21H23ClN2O4/c1-13(2)20(14-7-8-17-18(11-14)28-10-9-27-17)24-19(25)12-23-21(26)15-5-3-4-6-16(15)22/h3-8,11,13,20H,9-10,12H2,1-2H3,(H,23,26)(H,24,25)/t20-/m0/s1. The molecule has 0 unspecified atom stereocenters. The van der Waals surface area contributed by atoms with Gasteiger partial charge in [0.25, 0.3) is 5.91 Å². The molecule has 2 amide bonds. The SMILES string of the molecule is CC(C)[C@H](NC(=O)CNC(=O)c1ccccc1Cl)c1ccc2c(c1)OCCO2. The minimum atomic E-state index is -0.388. The molecule has 1 aliphatic heterocycles. The maximum absolute atomic E-state index is 12.4. The summed E-state index contributed by atoms with van der Waals surface area (Å²) in [5.41, 5.74) is 1.26. The molecule has 3 rings (SSSR count). The lowest BCUT2D eigenvalue weighted by Crippen LogP contribution is -2.40. The van der Waals surface area contributed by atoms with Crippen LogP contribution in [-0.2, 0) is 4.79 Å². The summed E-state index contributed by atoms with van der Waals surface area (Å²) in [6.45, 7) is 4.93. The van der Waals surface area contributed by atoms with Crippen LogP contribution >= 0.6 is 11.6 Å². The smallest absolute Gasteiger partial charge is 0.253 e. The highest BCUT2D eigenvalue weighted by Crippen LogP contribution is 2.34. The highest BCUT2D eigenvalue weighted by molar-refractivity contribution is 6.33. The number of hydrogen-bond acceptors (Lipinski definition) is 4. The molecule has 0 aliphatic carbocycles. The quantitative estimate of drug-likeness (QED) is 0.776. The third kappa shape index (κ3) is 4.75. The van der Waals surface area contributed by atoms with Crippen LogP contribution in [0.1, 0.15) is 35.8 Å². The van der Waals surface area contributed by atoms with Crippen molar-refractivity contribution in [1.29, 1.82) is 0 Å². The van der Waals surface area contributed by atoms with Crippen molar-refractivity contribution < 1.29 is 19.1 Å². The maximum Gasteiger partial charge on any atom is 0.253 e. The second-order valence-electron chi connectivity index (χ2n) is 6.85. The van der Waals surface area contributed by atoms with Crippen LogP contribution in [0.15, 0.2) is 42.5 Å². The number of fused-ring (bicyclic) bond motifs is 1. The molecule has 0 bridgehead atoms. The van der Waals surface area contributed by atoms with Gasteiger partial charge >= 0.3 is 0 Å². The van der Waals surface area contributed by atoms with Gasteiger partial charge in [0.1, 0.15) is 13.2 Å². The van der Waals surface area contributed by atoms with Crippen LogP contribution in [0, 0.1) is 5.92 Å². The Hall–Kier alpha value is -2.73. The number of ether oxygens (including phenoxy) is 2. The van der Waals surface area contributed by atoms with Gasteiger partial charge in [0.2, 0.25) is 5.91 Å². The van der Waals surface area contributed by atoms with Gasteiger partial charge in [-0.05, 0) is 35.7 Å². The minimum Gasteiger partial charge on any atom is -0.486 e. The third-order valence-electron chi connectivity index (χ3n) is 4.44. The maximum atomic E-state index is 12.4. The molecule has 0 radical (unpaired) electrons. The third-order valence-corrected chi connectivity index (χ3v) is 4.77. The summed E-state index contributed by atoms with van der Waals surface area (Å²) in [5, 5.41) is 5.93. The van der Waals surface area contributed by atoms with E-state index in [0.717, 1.165) is 5.56 Å². The Balaban J connectivity index is 1.63. The van der Waals surface area contributed by atoms with Crippen LogP contribution in [0.25, 0.3) is 0 Å². The van der Waals surface area contributed by atoms with Crippen molar-refractivity contribution in [2.24, 2.45) is 5.92 Å². The first-order valence-electron chi connectivity index (χ1n) is 9.17. The average Bonchev–Trinajstić information content (AvgIpc) is 2.70. The Morgan fingerprint density at radius 3 is 2.50 bits per heavy atom. The van der Waals surface area contributed by atoms with Crippen LogP contribution in [0.2, 0.25) is 5.02 Å². The van der Waals surface area contributed by atoms with Gasteiger partial charge in [0.05, 0.1) is 23.2 Å². The Kier molecular flexibility index (Phi) is 6.41. The van der Waals surface area contributed by atoms with Crippen LogP contribution < -0.4 is 20.1 Å². The minimum absolute atomic E-state index is 0.141. The molecule has 2 aromatic rings. The van der Waals surface area contributed by atoms with Crippen LogP contribution in [0.4, 0.5) is 0 Å². The fraction of sp³-hybridized carbons (Fsp3) is 0.333. The average molecular weight is 403 g/mol. The van der Waals surface area contributed by atoms with Crippen molar-refractivity contribution >= 4 is 23.4 Å². The number of rotatable bonds is 6.